The minimum atomic E-state index is -3.21. The third-order valence-electron chi connectivity index (χ3n) is 3.95. The van der Waals surface area contributed by atoms with Crippen LogP contribution in [0.15, 0.2) is 24.5 Å². The van der Waals surface area contributed by atoms with Gasteiger partial charge in [-0.1, -0.05) is 28.8 Å². The monoisotopic (exact) mass is 360 g/mol. The molecule has 0 bridgehead atoms. The summed E-state index contributed by atoms with van der Waals surface area (Å²) < 4.78 is 26.5. The lowest BCUT2D eigenvalue weighted by atomic mass is 9.96. The van der Waals surface area contributed by atoms with Gasteiger partial charge in [0.2, 0.25) is 10.0 Å². The van der Waals surface area contributed by atoms with Crippen LogP contribution in [0.25, 0.3) is 0 Å². The molecule has 1 heterocycles. The second-order valence-corrected chi connectivity index (χ2v) is 8.63. The van der Waals surface area contributed by atoms with E-state index in [0.717, 1.165) is 24.8 Å². The van der Waals surface area contributed by atoms with E-state index in [4.69, 9.17) is 0 Å². The summed E-state index contributed by atoms with van der Waals surface area (Å²) in [7, 11) is -1.49. The van der Waals surface area contributed by atoms with E-state index >= 15 is 0 Å². The molecular formula is C14H21BrN2O2S. The van der Waals surface area contributed by atoms with Crippen molar-refractivity contribution in [1.82, 2.24) is 9.29 Å². The van der Waals surface area contributed by atoms with Gasteiger partial charge in [0.05, 0.1) is 5.75 Å². The highest BCUT2D eigenvalue weighted by Gasteiger charge is 2.32. The predicted octanol–water partition coefficient (Wildman–Crippen LogP) is 2.59. The molecule has 1 aromatic rings. The third kappa shape index (κ3) is 4.02. The van der Waals surface area contributed by atoms with Crippen LogP contribution in [0.1, 0.15) is 31.2 Å². The van der Waals surface area contributed by atoms with Gasteiger partial charge in [0.15, 0.2) is 0 Å². The molecule has 1 aromatic heterocycles. The molecule has 1 fully saturated rings. The van der Waals surface area contributed by atoms with Crippen LogP contribution in [-0.2, 0) is 16.4 Å². The molecule has 0 spiro atoms. The van der Waals surface area contributed by atoms with Gasteiger partial charge in [-0.2, -0.15) is 0 Å². The zero-order valence-electron chi connectivity index (χ0n) is 11.7. The Labute approximate surface area is 129 Å². The number of hydrogen-bond acceptors (Lipinski definition) is 3. The Balaban J connectivity index is 1.98. The Kier molecular flexibility index (Phi) is 5.57. The van der Waals surface area contributed by atoms with E-state index in [-0.39, 0.29) is 16.6 Å². The fourth-order valence-electron chi connectivity index (χ4n) is 2.62. The van der Waals surface area contributed by atoms with Gasteiger partial charge in [-0.25, -0.2) is 12.7 Å². The molecule has 2 unspecified atom stereocenters. The Morgan fingerprint density at radius 3 is 2.60 bits per heavy atom. The van der Waals surface area contributed by atoms with Gasteiger partial charge in [-0.3, -0.25) is 4.98 Å². The van der Waals surface area contributed by atoms with Crippen LogP contribution in [0.3, 0.4) is 0 Å². The minimum Gasteiger partial charge on any atom is -0.265 e. The number of aryl methyl sites for hydroxylation is 1. The van der Waals surface area contributed by atoms with Crippen molar-refractivity contribution >= 4 is 26.0 Å². The maximum atomic E-state index is 12.4. The maximum Gasteiger partial charge on any atom is 0.214 e. The molecule has 0 saturated heterocycles. The van der Waals surface area contributed by atoms with Gasteiger partial charge < -0.3 is 0 Å². The molecule has 0 aromatic carbocycles. The van der Waals surface area contributed by atoms with E-state index in [1.165, 1.54) is 6.42 Å². The lowest BCUT2D eigenvalue weighted by Gasteiger charge is -2.34. The molecule has 2 atom stereocenters. The number of rotatable bonds is 5. The molecule has 1 saturated carbocycles. The molecule has 0 radical (unpaired) electrons. The van der Waals surface area contributed by atoms with Crippen molar-refractivity contribution in [3.8, 4) is 0 Å². The quantitative estimate of drug-likeness (QED) is 0.758. The molecule has 2 rings (SSSR count). The summed E-state index contributed by atoms with van der Waals surface area (Å²) in [4.78, 5) is 4.22. The van der Waals surface area contributed by atoms with Crippen LogP contribution in [0, 0.1) is 0 Å². The predicted molar refractivity (Wildman–Crippen MR) is 84.5 cm³/mol. The molecule has 0 aliphatic heterocycles. The van der Waals surface area contributed by atoms with E-state index in [2.05, 4.69) is 20.9 Å². The summed E-state index contributed by atoms with van der Waals surface area (Å²) in [5, 5.41) is 0. The van der Waals surface area contributed by atoms with Crippen LogP contribution in [0.4, 0.5) is 0 Å². The highest BCUT2D eigenvalue weighted by Crippen LogP contribution is 2.29. The smallest absolute Gasteiger partial charge is 0.214 e. The summed E-state index contributed by atoms with van der Waals surface area (Å²) in [6, 6.07) is 3.82. The normalized spacial score (nSPS) is 23.9. The van der Waals surface area contributed by atoms with Crippen molar-refractivity contribution in [3.05, 3.63) is 30.1 Å². The summed E-state index contributed by atoms with van der Waals surface area (Å²) >= 11 is 3.63. The lowest BCUT2D eigenvalue weighted by Crippen LogP contribution is -2.45. The van der Waals surface area contributed by atoms with Crippen LogP contribution >= 0.6 is 15.9 Å². The second kappa shape index (κ2) is 7.00. The fourth-order valence-corrected chi connectivity index (χ4v) is 5.17. The highest BCUT2D eigenvalue weighted by molar-refractivity contribution is 9.09. The molecule has 4 nitrogen and oxygen atoms in total. The van der Waals surface area contributed by atoms with E-state index in [1.54, 1.807) is 23.7 Å². The number of aromatic nitrogens is 1. The van der Waals surface area contributed by atoms with Crippen molar-refractivity contribution in [2.24, 2.45) is 0 Å². The minimum absolute atomic E-state index is 0.0891. The lowest BCUT2D eigenvalue weighted by molar-refractivity contribution is 0.297. The van der Waals surface area contributed by atoms with E-state index in [0.29, 0.717) is 6.42 Å². The van der Waals surface area contributed by atoms with Gasteiger partial charge in [-0.15, -0.1) is 0 Å². The summed E-state index contributed by atoms with van der Waals surface area (Å²) in [6.45, 7) is 0. The first kappa shape index (κ1) is 15.9. The van der Waals surface area contributed by atoms with Crippen molar-refractivity contribution < 1.29 is 8.42 Å². The van der Waals surface area contributed by atoms with E-state index < -0.39 is 10.0 Å². The van der Waals surface area contributed by atoms with Crippen molar-refractivity contribution in [3.63, 3.8) is 0 Å². The summed E-state index contributed by atoms with van der Waals surface area (Å²) in [5.74, 6) is 0.156. The first-order chi connectivity index (χ1) is 9.50. The van der Waals surface area contributed by atoms with Crippen LogP contribution < -0.4 is 0 Å². The van der Waals surface area contributed by atoms with Crippen LogP contribution in [0.5, 0.6) is 0 Å². The average molecular weight is 361 g/mol. The van der Waals surface area contributed by atoms with Crippen LogP contribution in [0.2, 0.25) is 0 Å². The molecule has 20 heavy (non-hydrogen) atoms. The van der Waals surface area contributed by atoms with Crippen molar-refractivity contribution in [2.45, 2.75) is 43.0 Å². The van der Waals surface area contributed by atoms with Gasteiger partial charge in [0, 0.05) is 30.3 Å². The Morgan fingerprint density at radius 2 is 1.95 bits per heavy atom. The largest absolute Gasteiger partial charge is 0.265 e. The number of sulfonamides is 1. The molecule has 112 valence electrons. The molecule has 6 heteroatoms. The van der Waals surface area contributed by atoms with Gasteiger partial charge in [0.25, 0.3) is 0 Å². The molecule has 0 amide bonds. The zero-order chi connectivity index (χ0) is 14.6. The number of pyridine rings is 1. The van der Waals surface area contributed by atoms with Crippen molar-refractivity contribution in [2.75, 3.05) is 12.8 Å². The number of nitrogens with zero attached hydrogens (tertiary/aromatic N) is 2. The number of halogens is 1. The topological polar surface area (TPSA) is 50.3 Å². The number of hydrogen-bond donors (Lipinski definition) is 0. The Morgan fingerprint density at radius 1 is 1.30 bits per heavy atom. The summed E-state index contributed by atoms with van der Waals surface area (Å²) in [5.41, 5.74) is 1.01. The van der Waals surface area contributed by atoms with Gasteiger partial charge in [-0.05, 0) is 37.0 Å². The first-order valence-corrected chi connectivity index (χ1v) is 9.52. The molecule has 0 N–H and O–H groups in total. The fraction of sp³-hybridized carbons (Fsp3) is 0.643. The molecular weight excluding hydrogens is 340 g/mol. The SMILES string of the molecule is CN(C1CCCCC1Br)S(=O)(=O)CCc1ccncc1. The van der Waals surface area contributed by atoms with Gasteiger partial charge in [0.1, 0.15) is 0 Å². The highest BCUT2D eigenvalue weighted by atomic mass is 79.9. The van der Waals surface area contributed by atoms with E-state index in [1.807, 2.05) is 12.1 Å². The Hall–Kier alpha value is -0.460. The molecule has 1 aliphatic carbocycles. The average Bonchev–Trinajstić information content (AvgIpc) is 2.46. The zero-order valence-corrected chi connectivity index (χ0v) is 14.1. The first-order valence-electron chi connectivity index (χ1n) is 6.99. The maximum absolute atomic E-state index is 12.4. The van der Waals surface area contributed by atoms with E-state index in [9.17, 15) is 8.42 Å². The summed E-state index contributed by atoms with van der Waals surface area (Å²) in [6.07, 6.45) is 8.21. The number of alkyl halides is 1. The van der Waals surface area contributed by atoms with Crippen molar-refractivity contribution in [1.29, 1.82) is 0 Å². The Bertz CT molecular complexity index is 521. The second-order valence-electron chi connectivity index (χ2n) is 5.31. The standard InChI is InChI=1S/C14H21BrN2O2S/c1-17(14-5-3-2-4-13(14)15)20(18,19)11-8-12-6-9-16-10-7-12/h6-7,9-10,13-14H,2-5,8,11H2,1H3. The van der Waals surface area contributed by atoms with Crippen LogP contribution in [-0.4, -0.2) is 41.4 Å². The molecule has 1 aliphatic rings. The third-order valence-corrected chi connectivity index (χ3v) is 6.89. The van der Waals surface area contributed by atoms with Gasteiger partial charge >= 0.3 is 0 Å².